The second-order valence-corrected chi connectivity index (χ2v) is 5.31. The number of aliphatic hydroxyl groups is 1. The van der Waals surface area contributed by atoms with Gasteiger partial charge in [0, 0.05) is 7.11 Å². The number of para-hydroxylation sites is 1. The molecule has 98 valence electrons. The Bertz CT molecular complexity index is 467. The quantitative estimate of drug-likeness (QED) is 0.839. The number of benzene rings is 1. The van der Waals surface area contributed by atoms with Gasteiger partial charge in [0.05, 0.1) is 35.5 Å². The van der Waals surface area contributed by atoms with Gasteiger partial charge in [-0.25, -0.2) is 4.98 Å². The van der Waals surface area contributed by atoms with Crippen LogP contribution in [0.1, 0.15) is 18.0 Å². The highest BCUT2D eigenvalue weighted by Crippen LogP contribution is 2.26. The predicted molar refractivity (Wildman–Crippen MR) is 73.9 cm³/mol. The minimum atomic E-state index is -0.0583. The fourth-order valence-electron chi connectivity index (χ4n) is 1.85. The molecule has 0 aliphatic rings. The van der Waals surface area contributed by atoms with Crippen molar-refractivity contribution >= 4 is 21.6 Å². The lowest BCUT2D eigenvalue weighted by atomic mass is 10.2. The number of thiazole rings is 1. The van der Waals surface area contributed by atoms with Gasteiger partial charge in [0.1, 0.15) is 5.01 Å². The molecule has 0 aliphatic carbocycles. The van der Waals surface area contributed by atoms with E-state index in [2.05, 4.69) is 23.3 Å². The van der Waals surface area contributed by atoms with Crippen LogP contribution in [0.4, 0.5) is 0 Å². The molecule has 0 bridgehead atoms. The van der Waals surface area contributed by atoms with Crippen LogP contribution in [-0.4, -0.2) is 36.5 Å². The summed E-state index contributed by atoms with van der Waals surface area (Å²) >= 11 is 1.68. The van der Waals surface area contributed by atoms with Gasteiger partial charge in [-0.2, -0.15) is 0 Å². The first-order valence-electron chi connectivity index (χ1n) is 5.96. The molecule has 2 unspecified atom stereocenters. The molecule has 1 aromatic heterocycles. The molecule has 0 spiro atoms. The fraction of sp³-hybridized carbons (Fsp3) is 0.462. The van der Waals surface area contributed by atoms with E-state index in [0.717, 1.165) is 10.5 Å². The summed E-state index contributed by atoms with van der Waals surface area (Å²) in [6.07, 6.45) is 0. The molecule has 18 heavy (non-hydrogen) atoms. The van der Waals surface area contributed by atoms with Gasteiger partial charge in [0.25, 0.3) is 0 Å². The summed E-state index contributed by atoms with van der Waals surface area (Å²) in [7, 11) is 1.63. The molecule has 0 radical (unpaired) electrons. The Kier molecular flexibility index (Phi) is 4.66. The van der Waals surface area contributed by atoms with E-state index in [-0.39, 0.29) is 18.7 Å². The van der Waals surface area contributed by atoms with Crippen molar-refractivity contribution in [2.75, 3.05) is 20.3 Å². The number of nitrogens with zero attached hydrogens (tertiary/aromatic N) is 1. The standard InChI is InChI=1S/C13H18N2O2S/c1-9(14-10(7-16)8-17-2)13-15-11-5-3-4-6-12(11)18-13/h3-6,9-10,14,16H,7-8H2,1-2H3. The summed E-state index contributed by atoms with van der Waals surface area (Å²) in [4.78, 5) is 4.59. The van der Waals surface area contributed by atoms with Crippen LogP contribution < -0.4 is 5.32 Å². The number of methoxy groups -OCH3 is 1. The van der Waals surface area contributed by atoms with Gasteiger partial charge in [-0.3, -0.25) is 0 Å². The van der Waals surface area contributed by atoms with Crippen LogP contribution in [0.25, 0.3) is 10.2 Å². The number of aliphatic hydroxyl groups excluding tert-OH is 1. The first-order valence-corrected chi connectivity index (χ1v) is 6.77. The maximum atomic E-state index is 9.23. The van der Waals surface area contributed by atoms with Gasteiger partial charge in [-0.1, -0.05) is 12.1 Å². The molecule has 4 nitrogen and oxygen atoms in total. The van der Waals surface area contributed by atoms with Crippen LogP contribution >= 0.6 is 11.3 Å². The van der Waals surface area contributed by atoms with E-state index in [9.17, 15) is 5.11 Å². The normalized spacial score (nSPS) is 14.8. The number of aromatic nitrogens is 1. The summed E-state index contributed by atoms with van der Waals surface area (Å²) in [5.74, 6) is 0. The largest absolute Gasteiger partial charge is 0.395 e. The number of fused-ring (bicyclic) bond motifs is 1. The Labute approximate surface area is 111 Å². The van der Waals surface area contributed by atoms with E-state index in [0.29, 0.717) is 6.61 Å². The van der Waals surface area contributed by atoms with Crippen molar-refractivity contribution in [3.05, 3.63) is 29.3 Å². The van der Waals surface area contributed by atoms with Crippen molar-refractivity contribution in [3.8, 4) is 0 Å². The highest BCUT2D eigenvalue weighted by molar-refractivity contribution is 7.18. The Hall–Kier alpha value is -1.01. The predicted octanol–water partition coefficient (Wildman–Crippen LogP) is 1.95. The Morgan fingerprint density at radius 1 is 1.44 bits per heavy atom. The van der Waals surface area contributed by atoms with E-state index in [1.807, 2.05) is 18.2 Å². The van der Waals surface area contributed by atoms with Crippen molar-refractivity contribution < 1.29 is 9.84 Å². The van der Waals surface area contributed by atoms with E-state index in [1.165, 1.54) is 4.70 Å². The number of nitrogens with one attached hydrogen (secondary N) is 1. The van der Waals surface area contributed by atoms with E-state index >= 15 is 0 Å². The van der Waals surface area contributed by atoms with Crippen LogP contribution in [0.15, 0.2) is 24.3 Å². The first-order chi connectivity index (χ1) is 8.74. The number of hydrogen-bond acceptors (Lipinski definition) is 5. The van der Waals surface area contributed by atoms with Crippen molar-refractivity contribution in [2.45, 2.75) is 19.0 Å². The molecule has 2 atom stereocenters. The molecule has 0 aliphatic heterocycles. The van der Waals surface area contributed by atoms with Crippen molar-refractivity contribution in [1.29, 1.82) is 0 Å². The van der Waals surface area contributed by atoms with Crippen LogP contribution in [-0.2, 0) is 4.74 Å². The molecular weight excluding hydrogens is 248 g/mol. The monoisotopic (exact) mass is 266 g/mol. The van der Waals surface area contributed by atoms with E-state index < -0.39 is 0 Å². The summed E-state index contributed by atoms with van der Waals surface area (Å²) in [5.41, 5.74) is 1.03. The lowest BCUT2D eigenvalue weighted by Gasteiger charge is -2.19. The molecule has 0 amide bonds. The molecule has 2 aromatic rings. The van der Waals surface area contributed by atoms with Gasteiger partial charge < -0.3 is 15.2 Å². The summed E-state index contributed by atoms with van der Waals surface area (Å²) in [6, 6.07) is 8.14. The lowest BCUT2D eigenvalue weighted by Crippen LogP contribution is -2.38. The molecule has 0 saturated heterocycles. The Balaban J connectivity index is 2.10. The minimum absolute atomic E-state index is 0.0583. The van der Waals surface area contributed by atoms with Crippen LogP contribution in [0.5, 0.6) is 0 Å². The van der Waals surface area contributed by atoms with Gasteiger partial charge in [0.15, 0.2) is 0 Å². The van der Waals surface area contributed by atoms with E-state index in [4.69, 9.17) is 4.74 Å². The SMILES string of the molecule is COCC(CO)NC(C)c1nc2ccccc2s1. The number of ether oxygens (including phenoxy) is 1. The lowest BCUT2D eigenvalue weighted by molar-refractivity contribution is 0.123. The average molecular weight is 266 g/mol. The molecule has 0 fully saturated rings. The van der Waals surface area contributed by atoms with Crippen molar-refractivity contribution in [2.24, 2.45) is 0 Å². The van der Waals surface area contributed by atoms with Gasteiger partial charge in [-0.05, 0) is 19.1 Å². The zero-order chi connectivity index (χ0) is 13.0. The third kappa shape index (κ3) is 3.05. The first kappa shape index (κ1) is 13.4. The zero-order valence-corrected chi connectivity index (χ0v) is 11.4. The van der Waals surface area contributed by atoms with Crippen LogP contribution in [0.2, 0.25) is 0 Å². The summed E-state index contributed by atoms with van der Waals surface area (Å²) in [6.45, 7) is 2.60. The average Bonchev–Trinajstić information content (AvgIpc) is 2.82. The van der Waals surface area contributed by atoms with Crippen molar-refractivity contribution in [1.82, 2.24) is 10.3 Å². The summed E-state index contributed by atoms with van der Waals surface area (Å²) in [5, 5.41) is 13.6. The third-order valence-electron chi connectivity index (χ3n) is 2.75. The molecule has 2 N–H and O–H groups in total. The molecule has 1 aromatic carbocycles. The molecule has 1 heterocycles. The van der Waals surface area contributed by atoms with Gasteiger partial charge >= 0.3 is 0 Å². The smallest absolute Gasteiger partial charge is 0.111 e. The van der Waals surface area contributed by atoms with Gasteiger partial charge in [-0.15, -0.1) is 11.3 Å². The third-order valence-corrected chi connectivity index (χ3v) is 3.97. The summed E-state index contributed by atoms with van der Waals surface area (Å²) < 4.78 is 6.24. The fourth-order valence-corrected chi connectivity index (χ4v) is 2.83. The van der Waals surface area contributed by atoms with Crippen LogP contribution in [0, 0.1) is 0 Å². The zero-order valence-electron chi connectivity index (χ0n) is 10.6. The number of hydrogen-bond donors (Lipinski definition) is 2. The maximum absolute atomic E-state index is 9.23. The van der Waals surface area contributed by atoms with Crippen LogP contribution in [0.3, 0.4) is 0 Å². The highest BCUT2D eigenvalue weighted by atomic mass is 32.1. The van der Waals surface area contributed by atoms with Gasteiger partial charge in [0.2, 0.25) is 0 Å². The van der Waals surface area contributed by atoms with Crippen molar-refractivity contribution in [3.63, 3.8) is 0 Å². The molecule has 5 heteroatoms. The Morgan fingerprint density at radius 3 is 2.89 bits per heavy atom. The molecular formula is C13H18N2O2S. The topological polar surface area (TPSA) is 54.4 Å². The molecule has 0 saturated carbocycles. The Morgan fingerprint density at radius 2 is 2.22 bits per heavy atom. The second kappa shape index (κ2) is 6.24. The minimum Gasteiger partial charge on any atom is -0.395 e. The second-order valence-electron chi connectivity index (χ2n) is 4.24. The number of rotatable bonds is 6. The van der Waals surface area contributed by atoms with E-state index in [1.54, 1.807) is 18.4 Å². The molecule has 2 rings (SSSR count). The maximum Gasteiger partial charge on any atom is 0.111 e. The highest BCUT2D eigenvalue weighted by Gasteiger charge is 2.15.